The average molecular weight is 637 g/mol. The summed E-state index contributed by atoms with van der Waals surface area (Å²) in [4.78, 5) is 0. The van der Waals surface area contributed by atoms with Gasteiger partial charge in [0.1, 0.15) is 0 Å². The van der Waals surface area contributed by atoms with Gasteiger partial charge in [-0.3, -0.25) is 0 Å². The Labute approximate surface area is 290 Å². The highest BCUT2D eigenvalue weighted by Gasteiger charge is 2.19. The molecule has 50 heavy (non-hydrogen) atoms. The van der Waals surface area contributed by atoms with Crippen LogP contribution < -0.4 is 0 Å². The average Bonchev–Trinajstić information content (AvgIpc) is 3.69. The summed E-state index contributed by atoms with van der Waals surface area (Å²) < 4.78 is 4.88. The number of para-hydroxylation sites is 1. The SMILES string of the molecule is c1ccc(-c2ccc(-n3c4ccc(-c5ccccc5)cc4c4cc5c6ccccc6n(-c6cccc(-c7ccccc7)c6)c5cc43)cc2)cc1. The van der Waals surface area contributed by atoms with E-state index in [1.165, 1.54) is 77.0 Å². The van der Waals surface area contributed by atoms with Crippen LogP contribution in [0.15, 0.2) is 194 Å². The lowest BCUT2D eigenvalue weighted by atomic mass is 10.0. The maximum atomic E-state index is 2.44. The summed E-state index contributed by atoms with van der Waals surface area (Å²) in [6, 6.07) is 70.4. The van der Waals surface area contributed by atoms with Crippen molar-refractivity contribution in [1.82, 2.24) is 9.13 Å². The van der Waals surface area contributed by atoms with Crippen LogP contribution in [0.2, 0.25) is 0 Å². The van der Waals surface area contributed by atoms with E-state index < -0.39 is 0 Å². The predicted molar refractivity (Wildman–Crippen MR) is 211 cm³/mol. The molecule has 0 atom stereocenters. The van der Waals surface area contributed by atoms with E-state index in [-0.39, 0.29) is 0 Å². The van der Waals surface area contributed by atoms with Crippen LogP contribution in [0.1, 0.15) is 0 Å². The molecule has 0 bridgehead atoms. The Morgan fingerprint density at radius 3 is 1.36 bits per heavy atom. The van der Waals surface area contributed by atoms with Gasteiger partial charge >= 0.3 is 0 Å². The third-order valence-corrected chi connectivity index (χ3v) is 10.1. The van der Waals surface area contributed by atoms with Gasteiger partial charge in [0.15, 0.2) is 0 Å². The summed E-state index contributed by atoms with van der Waals surface area (Å²) in [7, 11) is 0. The molecule has 0 aliphatic carbocycles. The van der Waals surface area contributed by atoms with Crippen LogP contribution in [-0.2, 0) is 0 Å². The zero-order chi connectivity index (χ0) is 33.0. The van der Waals surface area contributed by atoms with Gasteiger partial charge in [-0.25, -0.2) is 0 Å². The molecule has 0 fully saturated rings. The summed E-state index contributed by atoms with van der Waals surface area (Å²) in [6.45, 7) is 0. The number of hydrogen-bond donors (Lipinski definition) is 0. The van der Waals surface area contributed by atoms with Crippen molar-refractivity contribution in [3.05, 3.63) is 194 Å². The van der Waals surface area contributed by atoms with Crippen LogP contribution in [0.4, 0.5) is 0 Å². The van der Waals surface area contributed by atoms with Crippen molar-refractivity contribution in [2.75, 3.05) is 0 Å². The van der Waals surface area contributed by atoms with E-state index in [4.69, 9.17) is 0 Å². The summed E-state index contributed by atoms with van der Waals surface area (Å²) in [5, 5.41) is 5.00. The molecule has 0 radical (unpaired) electrons. The summed E-state index contributed by atoms with van der Waals surface area (Å²) in [5.41, 5.74) is 14.4. The Hall–Kier alpha value is -6.64. The van der Waals surface area contributed by atoms with Crippen molar-refractivity contribution in [3.8, 4) is 44.8 Å². The van der Waals surface area contributed by atoms with Gasteiger partial charge in [0.25, 0.3) is 0 Å². The van der Waals surface area contributed by atoms with E-state index in [1.807, 2.05) is 0 Å². The zero-order valence-corrected chi connectivity index (χ0v) is 27.4. The molecule has 2 nitrogen and oxygen atoms in total. The van der Waals surface area contributed by atoms with Gasteiger partial charge in [0, 0.05) is 32.9 Å². The van der Waals surface area contributed by atoms with Gasteiger partial charge in [0.2, 0.25) is 0 Å². The molecule has 8 aromatic carbocycles. The van der Waals surface area contributed by atoms with E-state index in [2.05, 4.69) is 203 Å². The first-order valence-corrected chi connectivity index (χ1v) is 17.2. The zero-order valence-electron chi connectivity index (χ0n) is 27.4. The molecular formula is C48H32N2. The molecule has 0 aliphatic heterocycles. The molecule has 0 saturated carbocycles. The van der Waals surface area contributed by atoms with Crippen molar-refractivity contribution in [2.45, 2.75) is 0 Å². The first-order chi connectivity index (χ1) is 24.8. The van der Waals surface area contributed by atoms with Gasteiger partial charge in [-0.15, -0.1) is 0 Å². The largest absolute Gasteiger partial charge is 0.309 e. The van der Waals surface area contributed by atoms with Crippen molar-refractivity contribution in [2.24, 2.45) is 0 Å². The highest BCUT2D eigenvalue weighted by molar-refractivity contribution is 6.19. The highest BCUT2D eigenvalue weighted by Crippen LogP contribution is 2.41. The smallest absolute Gasteiger partial charge is 0.0562 e. The Bertz CT molecular complexity index is 2820. The molecule has 0 spiro atoms. The fourth-order valence-corrected chi connectivity index (χ4v) is 7.74. The van der Waals surface area contributed by atoms with Crippen molar-refractivity contribution >= 4 is 43.6 Å². The third-order valence-electron chi connectivity index (χ3n) is 10.1. The third kappa shape index (κ3) is 4.57. The molecule has 10 rings (SSSR count). The van der Waals surface area contributed by atoms with Gasteiger partial charge < -0.3 is 9.13 Å². The summed E-state index contributed by atoms with van der Waals surface area (Å²) >= 11 is 0. The van der Waals surface area contributed by atoms with Crippen molar-refractivity contribution < 1.29 is 0 Å². The van der Waals surface area contributed by atoms with Crippen molar-refractivity contribution in [3.63, 3.8) is 0 Å². The van der Waals surface area contributed by atoms with Crippen LogP contribution >= 0.6 is 0 Å². The molecule has 0 saturated heterocycles. The first-order valence-electron chi connectivity index (χ1n) is 17.2. The second-order valence-corrected chi connectivity index (χ2v) is 13.0. The predicted octanol–water partition coefficient (Wildman–Crippen LogP) is 12.9. The Morgan fingerprint density at radius 1 is 0.220 bits per heavy atom. The highest BCUT2D eigenvalue weighted by atomic mass is 15.0. The monoisotopic (exact) mass is 636 g/mol. The molecule has 0 unspecified atom stereocenters. The van der Waals surface area contributed by atoms with Crippen LogP contribution in [0.25, 0.3) is 88.4 Å². The lowest BCUT2D eigenvalue weighted by Crippen LogP contribution is -1.96. The Balaban J connectivity index is 1.26. The van der Waals surface area contributed by atoms with E-state index in [0.717, 1.165) is 11.4 Å². The topological polar surface area (TPSA) is 9.86 Å². The summed E-state index contributed by atoms with van der Waals surface area (Å²) in [6.07, 6.45) is 0. The van der Waals surface area contributed by atoms with Gasteiger partial charge in [-0.1, -0.05) is 140 Å². The summed E-state index contributed by atoms with van der Waals surface area (Å²) in [5.74, 6) is 0. The number of benzene rings is 8. The molecular weight excluding hydrogens is 605 g/mol. The standard InChI is InChI=1S/C48H32N2/c1-4-13-33(14-5-1)36-23-26-39(27-24-36)49-46-28-25-38(35-17-8-3-9-18-35)30-42(46)44-31-43-41-21-10-11-22-45(41)50(47(43)32-48(44)49)40-20-12-19-37(29-40)34-15-6-2-7-16-34/h1-32H. The fraction of sp³-hybridized carbons (Fsp3) is 0. The first kappa shape index (κ1) is 28.4. The molecule has 2 heteroatoms. The Kier molecular flexibility index (Phi) is 6.53. The van der Waals surface area contributed by atoms with Crippen LogP contribution in [0.5, 0.6) is 0 Å². The van der Waals surface area contributed by atoms with Crippen LogP contribution in [0, 0.1) is 0 Å². The van der Waals surface area contributed by atoms with Gasteiger partial charge in [0.05, 0.1) is 22.1 Å². The molecule has 0 amide bonds. The molecule has 0 aliphatic rings. The quantitative estimate of drug-likeness (QED) is 0.178. The van der Waals surface area contributed by atoms with Gasteiger partial charge in [-0.05, 0) is 88.0 Å². The Morgan fingerprint density at radius 2 is 0.680 bits per heavy atom. The number of nitrogens with zero attached hydrogens (tertiary/aromatic N) is 2. The minimum absolute atomic E-state index is 1.14. The van der Waals surface area contributed by atoms with E-state index >= 15 is 0 Å². The van der Waals surface area contributed by atoms with Crippen LogP contribution in [-0.4, -0.2) is 9.13 Å². The van der Waals surface area contributed by atoms with Gasteiger partial charge in [-0.2, -0.15) is 0 Å². The second kappa shape index (κ2) is 11.5. The maximum Gasteiger partial charge on any atom is 0.0562 e. The van der Waals surface area contributed by atoms with E-state index in [1.54, 1.807) is 0 Å². The minimum Gasteiger partial charge on any atom is -0.309 e. The van der Waals surface area contributed by atoms with E-state index in [9.17, 15) is 0 Å². The lowest BCUT2D eigenvalue weighted by Gasteiger charge is -2.12. The molecule has 2 aromatic heterocycles. The molecule has 2 heterocycles. The lowest BCUT2D eigenvalue weighted by molar-refractivity contribution is 1.16. The molecule has 0 N–H and O–H groups in total. The second-order valence-electron chi connectivity index (χ2n) is 13.0. The maximum absolute atomic E-state index is 2.44. The number of hydrogen-bond acceptors (Lipinski definition) is 0. The van der Waals surface area contributed by atoms with Crippen LogP contribution in [0.3, 0.4) is 0 Å². The number of fused-ring (bicyclic) bond motifs is 6. The van der Waals surface area contributed by atoms with E-state index in [0.29, 0.717) is 0 Å². The fourth-order valence-electron chi connectivity index (χ4n) is 7.74. The normalized spacial score (nSPS) is 11.6. The molecule has 234 valence electrons. The minimum atomic E-state index is 1.14. The molecule has 10 aromatic rings. The number of rotatable bonds is 5. The van der Waals surface area contributed by atoms with Crippen molar-refractivity contribution in [1.29, 1.82) is 0 Å². The number of aromatic nitrogens is 2.